The predicted molar refractivity (Wildman–Crippen MR) is 74.9 cm³/mol. The topological polar surface area (TPSA) is 85.6 Å². The zero-order chi connectivity index (χ0) is 14.4. The first kappa shape index (κ1) is 14.4. The van der Waals surface area contributed by atoms with Crippen LogP contribution in [0.15, 0.2) is 29.7 Å². The summed E-state index contributed by atoms with van der Waals surface area (Å²) in [5, 5.41) is 14.7. The largest absolute Gasteiger partial charge is 0.349 e. The fraction of sp³-hybridized carbons (Fsp3) is 0.417. The molecular weight excluding hydrogens is 276 g/mol. The van der Waals surface area contributed by atoms with Crippen LogP contribution in [-0.2, 0) is 11.8 Å². The highest BCUT2D eigenvalue weighted by Crippen LogP contribution is 2.17. The fourth-order valence-electron chi connectivity index (χ4n) is 1.73. The van der Waals surface area contributed by atoms with Crippen LogP contribution in [0.1, 0.15) is 24.9 Å². The van der Waals surface area contributed by atoms with E-state index in [0.29, 0.717) is 5.16 Å². The molecule has 0 spiro atoms. The van der Waals surface area contributed by atoms with Gasteiger partial charge in [0.15, 0.2) is 0 Å². The Balaban J connectivity index is 1.88. The van der Waals surface area contributed by atoms with Gasteiger partial charge in [0.2, 0.25) is 11.1 Å². The Morgan fingerprint density at radius 3 is 2.80 bits per heavy atom. The molecule has 106 valence electrons. The summed E-state index contributed by atoms with van der Waals surface area (Å²) < 4.78 is 1.54. The number of tetrazole rings is 1. The number of pyridine rings is 1. The van der Waals surface area contributed by atoms with Gasteiger partial charge in [0, 0.05) is 19.4 Å². The minimum Gasteiger partial charge on any atom is -0.349 e. The number of aromatic nitrogens is 5. The lowest BCUT2D eigenvalue weighted by Crippen LogP contribution is -2.29. The van der Waals surface area contributed by atoms with E-state index in [-0.39, 0.29) is 17.7 Å². The SMILES string of the molecule is CC[C@H](NC(=O)CSc1nnnn1C)c1ccncc1. The van der Waals surface area contributed by atoms with Gasteiger partial charge in [0.05, 0.1) is 11.8 Å². The Labute approximate surface area is 121 Å². The number of hydrogen-bond donors (Lipinski definition) is 1. The van der Waals surface area contributed by atoms with Gasteiger partial charge in [-0.2, -0.15) is 0 Å². The molecule has 0 aliphatic carbocycles. The second kappa shape index (κ2) is 6.99. The average molecular weight is 292 g/mol. The summed E-state index contributed by atoms with van der Waals surface area (Å²) in [7, 11) is 1.74. The lowest BCUT2D eigenvalue weighted by molar-refractivity contribution is -0.119. The maximum Gasteiger partial charge on any atom is 0.230 e. The van der Waals surface area contributed by atoms with Gasteiger partial charge in [-0.15, -0.1) is 5.10 Å². The number of nitrogens with one attached hydrogen (secondary N) is 1. The first-order valence-electron chi connectivity index (χ1n) is 6.25. The molecule has 7 nitrogen and oxygen atoms in total. The second-order valence-corrected chi connectivity index (χ2v) is 5.13. The first-order chi connectivity index (χ1) is 9.70. The quantitative estimate of drug-likeness (QED) is 0.798. The number of rotatable bonds is 6. The molecular formula is C12H16N6OS. The van der Waals surface area contributed by atoms with Crippen molar-refractivity contribution >= 4 is 17.7 Å². The van der Waals surface area contributed by atoms with E-state index in [0.717, 1.165) is 12.0 Å². The van der Waals surface area contributed by atoms with Crippen molar-refractivity contribution < 1.29 is 4.79 Å². The lowest BCUT2D eigenvalue weighted by atomic mass is 10.1. The van der Waals surface area contributed by atoms with Crippen molar-refractivity contribution in [2.45, 2.75) is 24.5 Å². The summed E-state index contributed by atoms with van der Waals surface area (Å²) in [4.78, 5) is 15.9. The average Bonchev–Trinajstić information content (AvgIpc) is 2.89. The van der Waals surface area contributed by atoms with Crippen LogP contribution >= 0.6 is 11.8 Å². The third-order valence-corrected chi connectivity index (χ3v) is 3.78. The summed E-state index contributed by atoms with van der Waals surface area (Å²) in [6.07, 6.45) is 4.28. The zero-order valence-corrected chi connectivity index (χ0v) is 12.2. The van der Waals surface area contributed by atoms with Crippen LogP contribution in [0.2, 0.25) is 0 Å². The van der Waals surface area contributed by atoms with Crippen molar-refractivity contribution in [2.75, 3.05) is 5.75 Å². The van der Waals surface area contributed by atoms with Crippen LogP contribution < -0.4 is 5.32 Å². The van der Waals surface area contributed by atoms with Crippen LogP contribution in [0.25, 0.3) is 0 Å². The molecule has 8 heteroatoms. The number of carbonyl (C=O) groups is 1. The molecule has 0 bridgehead atoms. The predicted octanol–water partition coefficient (Wildman–Crippen LogP) is 0.965. The molecule has 0 radical (unpaired) electrons. The van der Waals surface area contributed by atoms with Crippen molar-refractivity contribution in [1.82, 2.24) is 30.5 Å². The molecule has 0 fully saturated rings. The van der Waals surface area contributed by atoms with Gasteiger partial charge in [0.25, 0.3) is 0 Å². The van der Waals surface area contributed by atoms with Crippen LogP contribution in [0.3, 0.4) is 0 Å². The van der Waals surface area contributed by atoms with Gasteiger partial charge in [-0.05, 0) is 34.5 Å². The van der Waals surface area contributed by atoms with E-state index in [4.69, 9.17) is 0 Å². The Morgan fingerprint density at radius 2 is 2.20 bits per heavy atom. The number of nitrogens with zero attached hydrogens (tertiary/aromatic N) is 5. The van der Waals surface area contributed by atoms with Gasteiger partial charge in [-0.3, -0.25) is 9.78 Å². The molecule has 2 aromatic rings. The second-order valence-electron chi connectivity index (χ2n) is 4.18. The Hall–Kier alpha value is -1.96. The van der Waals surface area contributed by atoms with Crippen LogP contribution in [0, 0.1) is 0 Å². The van der Waals surface area contributed by atoms with Crippen molar-refractivity contribution in [3.05, 3.63) is 30.1 Å². The Bertz CT molecular complexity index is 558. The Morgan fingerprint density at radius 1 is 1.45 bits per heavy atom. The monoisotopic (exact) mass is 292 g/mol. The molecule has 1 N–H and O–H groups in total. The van der Waals surface area contributed by atoms with Gasteiger partial charge in [-0.1, -0.05) is 18.7 Å². The molecule has 0 saturated heterocycles. The maximum absolute atomic E-state index is 12.0. The van der Waals surface area contributed by atoms with Gasteiger partial charge in [0.1, 0.15) is 0 Å². The van der Waals surface area contributed by atoms with E-state index in [9.17, 15) is 4.79 Å². The highest BCUT2D eigenvalue weighted by molar-refractivity contribution is 7.99. The van der Waals surface area contributed by atoms with Crippen LogP contribution in [0.5, 0.6) is 0 Å². The smallest absolute Gasteiger partial charge is 0.230 e. The first-order valence-corrected chi connectivity index (χ1v) is 7.23. The minimum atomic E-state index is -0.0401. The number of thioether (sulfide) groups is 1. The van der Waals surface area contributed by atoms with E-state index in [1.807, 2.05) is 19.1 Å². The van der Waals surface area contributed by atoms with Crippen LogP contribution in [-0.4, -0.2) is 36.9 Å². The molecule has 0 aliphatic rings. The summed E-state index contributed by atoms with van der Waals surface area (Å²) in [5.74, 6) is 0.247. The highest BCUT2D eigenvalue weighted by Gasteiger charge is 2.13. The number of carbonyl (C=O) groups excluding carboxylic acids is 1. The normalized spacial score (nSPS) is 12.1. The number of amides is 1. The number of hydrogen-bond acceptors (Lipinski definition) is 6. The van der Waals surface area contributed by atoms with E-state index in [2.05, 4.69) is 25.8 Å². The third kappa shape index (κ3) is 3.77. The Kier molecular flexibility index (Phi) is 5.05. The molecule has 0 unspecified atom stereocenters. The van der Waals surface area contributed by atoms with E-state index >= 15 is 0 Å². The highest BCUT2D eigenvalue weighted by atomic mass is 32.2. The van der Waals surface area contributed by atoms with E-state index in [1.165, 1.54) is 16.4 Å². The molecule has 0 aromatic carbocycles. The van der Waals surface area contributed by atoms with Crippen molar-refractivity contribution in [1.29, 1.82) is 0 Å². The van der Waals surface area contributed by atoms with E-state index < -0.39 is 0 Å². The molecule has 1 amide bonds. The molecule has 0 aliphatic heterocycles. The fourth-order valence-corrected chi connectivity index (χ4v) is 2.39. The van der Waals surface area contributed by atoms with Gasteiger partial charge in [-0.25, -0.2) is 4.68 Å². The van der Waals surface area contributed by atoms with E-state index in [1.54, 1.807) is 19.4 Å². The maximum atomic E-state index is 12.0. The third-order valence-electron chi connectivity index (χ3n) is 2.77. The summed E-state index contributed by atoms with van der Waals surface area (Å²) in [5.41, 5.74) is 1.06. The molecule has 1 atom stereocenters. The van der Waals surface area contributed by atoms with Crippen molar-refractivity contribution in [3.8, 4) is 0 Å². The zero-order valence-electron chi connectivity index (χ0n) is 11.4. The minimum absolute atomic E-state index is 0.00345. The summed E-state index contributed by atoms with van der Waals surface area (Å²) in [6, 6.07) is 3.83. The molecule has 20 heavy (non-hydrogen) atoms. The molecule has 2 rings (SSSR count). The molecule has 2 aromatic heterocycles. The summed E-state index contributed by atoms with van der Waals surface area (Å²) >= 11 is 1.31. The van der Waals surface area contributed by atoms with Gasteiger partial charge < -0.3 is 5.32 Å². The van der Waals surface area contributed by atoms with Crippen molar-refractivity contribution in [2.24, 2.45) is 7.05 Å². The molecule has 0 saturated carbocycles. The lowest BCUT2D eigenvalue weighted by Gasteiger charge is -2.16. The number of aryl methyl sites for hydroxylation is 1. The van der Waals surface area contributed by atoms with Gasteiger partial charge >= 0.3 is 0 Å². The van der Waals surface area contributed by atoms with Crippen molar-refractivity contribution in [3.63, 3.8) is 0 Å². The summed E-state index contributed by atoms with van der Waals surface area (Å²) in [6.45, 7) is 2.03. The molecule has 2 heterocycles. The van der Waals surface area contributed by atoms with Crippen LogP contribution in [0.4, 0.5) is 0 Å². The standard InChI is InChI=1S/C12H16N6OS/c1-3-10(9-4-6-13-7-5-9)14-11(19)8-20-12-15-16-17-18(12)2/h4-7,10H,3,8H2,1-2H3,(H,14,19)/t10-/m0/s1.